The molecule has 0 aliphatic rings. The van der Waals surface area contributed by atoms with Crippen molar-refractivity contribution in [2.75, 3.05) is 6.61 Å². The summed E-state index contributed by atoms with van der Waals surface area (Å²) < 4.78 is 10.6. The van der Waals surface area contributed by atoms with Crippen LogP contribution >= 0.6 is 0 Å². The number of esters is 1. The highest BCUT2D eigenvalue weighted by molar-refractivity contribution is 5.92. The first-order valence-corrected chi connectivity index (χ1v) is 5.58. The van der Waals surface area contributed by atoms with E-state index in [4.69, 9.17) is 9.47 Å². The lowest BCUT2D eigenvalue weighted by molar-refractivity contribution is 0.0499. The summed E-state index contributed by atoms with van der Waals surface area (Å²) in [6.45, 7) is 6.25. The topological polar surface area (TPSA) is 35.5 Å². The van der Waals surface area contributed by atoms with Crippen LogP contribution in [0, 0.1) is 0 Å². The van der Waals surface area contributed by atoms with Gasteiger partial charge in [0, 0.05) is 0 Å². The lowest BCUT2D eigenvalue weighted by Crippen LogP contribution is -2.12. The number of hydrogen-bond acceptors (Lipinski definition) is 3. The normalized spacial score (nSPS) is 10.2. The average molecular weight is 222 g/mol. The number of para-hydroxylation sites is 1. The molecule has 0 radical (unpaired) electrons. The quantitative estimate of drug-likeness (QED) is 0.718. The molecule has 0 amide bonds. The molecule has 0 fully saturated rings. The fraction of sp³-hybridized carbons (Fsp3) is 0.462. The van der Waals surface area contributed by atoms with Crippen molar-refractivity contribution in [2.24, 2.45) is 0 Å². The summed E-state index contributed by atoms with van der Waals surface area (Å²) in [7, 11) is 0. The fourth-order valence-electron chi connectivity index (χ4n) is 1.26. The molecular formula is C13H18O3. The SMILES string of the molecule is CCCOC(=O)c1ccccc1OC(C)C. The van der Waals surface area contributed by atoms with Gasteiger partial charge in [-0.15, -0.1) is 0 Å². The molecule has 0 saturated carbocycles. The van der Waals surface area contributed by atoms with Crippen molar-refractivity contribution in [3.63, 3.8) is 0 Å². The number of hydrogen-bond donors (Lipinski definition) is 0. The molecule has 0 saturated heterocycles. The van der Waals surface area contributed by atoms with Crippen LogP contribution in [0.25, 0.3) is 0 Å². The van der Waals surface area contributed by atoms with E-state index in [1.54, 1.807) is 18.2 Å². The molecule has 0 aliphatic carbocycles. The minimum absolute atomic E-state index is 0.0418. The molecule has 0 aliphatic heterocycles. The van der Waals surface area contributed by atoms with Crippen LogP contribution in [-0.4, -0.2) is 18.7 Å². The van der Waals surface area contributed by atoms with Crippen LogP contribution in [0.5, 0.6) is 5.75 Å². The minimum atomic E-state index is -0.321. The molecule has 3 nitrogen and oxygen atoms in total. The van der Waals surface area contributed by atoms with E-state index in [1.807, 2.05) is 26.8 Å². The van der Waals surface area contributed by atoms with Gasteiger partial charge in [0.25, 0.3) is 0 Å². The number of carbonyl (C=O) groups excluding carboxylic acids is 1. The molecule has 0 atom stereocenters. The Morgan fingerprint density at radius 3 is 2.62 bits per heavy atom. The maximum Gasteiger partial charge on any atom is 0.341 e. The second-order valence-corrected chi connectivity index (χ2v) is 3.80. The van der Waals surface area contributed by atoms with Crippen LogP contribution in [0.15, 0.2) is 24.3 Å². The monoisotopic (exact) mass is 222 g/mol. The summed E-state index contributed by atoms with van der Waals surface area (Å²) in [5.41, 5.74) is 0.490. The van der Waals surface area contributed by atoms with Gasteiger partial charge in [0.15, 0.2) is 0 Å². The van der Waals surface area contributed by atoms with Gasteiger partial charge >= 0.3 is 5.97 Å². The van der Waals surface area contributed by atoms with Crippen molar-refractivity contribution in [1.29, 1.82) is 0 Å². The van der Waals surface area contributed by atoms with Gasteiger partial charge < -0.3 is 9.47 Å². The summed E-state index contributed by atoms with van der Waals surface area (Å²) >= 11 is 0. The summed E-state index contributed by atoms with van der Waals surface area (Å²) in [5.74, 6) is 0.261. The van der Waals surface area contributed by atoms with Gasteiger partial charge in [-0.1, -0.05) is 19.1 Å². The number of benzene rings is 1. The van der Waals surface area contributed by atoms with E-state index in [2.05, 4.69) is 0 Å². The van der Waals surface area contributed by atoms with E-state index < -0.39 is 0 Å². The Hall–Kier alpha value is -1.51. The van der Waals surface area contributed by atoms with Crippen molar-refractivity contribution in [1.82, 2.24) is 0 Å². The Morgan fingerprint density at radius 1 is 1.31 bits per heavy atom. The third-order valence-electron chi connectivity index (χ3n) is 1.91. The molecule has 88 valence electrons. The lowest BCUT2D eigenvalue weighted by atomic mass is 10.2. The molecule has 0 heterocycles. The minimum Gasteiger partial charge on any atom is -0.490 e. The maximum absolute atomic E-state index is 11.7. The van der Waals surface area contributed by atoms with Crippen LogP contribution in [0.3, 0.4) is 0 Å². The van der Waals surface area contributed by atoms with Crippen LogP contribution in [-0.2, 0) is 4.74 Å². The predicted octanol–water partition coefficient (Wildman–Crippen LogP) is 3.04. The smallest absolute Gasteiger partial charge is 0.341 e. The highest BCUT2D eigenvalue weighted by atomic mass is 16.5. The zero-order valence-corrected chi connectivity index (χ0v) is 10.0. The van der Waals surface area contributed by atoms with E-state index in [1.165, 1.54) is 0 Å². The Morgan fingerprint density at radius 2 is 2.00 bits per heavy atom. The average Bonchev–Trinajstić information content (AvgIpc) is 2.26. The highest BCUT2D eigenvalue weighted by Crippen LogP contribution is 2.20. The number of rotatable bonds is 5. The van der Waals surface area contributed by atoms with E-state index in [0.717, 1.165) is 6.42 Å². The number of carbonyl (C=O) groups is 1. The molecule has 0 bridgehead atoms. The van der Waals surface area contributed by atoms with Gasteiger partial charge in [0.2, 0.25) is 0 Å². The Balaban J connectivity index is 2.81. The molecule has 1 rings (SSSR count). The highest BCUT2D eigenvalue weighted by Gasteiger charge is 2.13. The van der Waals surface area contributed by atoms with Crippen LogP contribution in [0.2, 0.25) is 0 Å². The van der Waals surface area contributed by atoms with E-state index in [9.17, 15) is 4.79 Å². The molecule has 0 unspecified atom stereocenters. The predicted molar refractivity (Wildman–Crippen MR) is 62.8 cm³/mol. The van der Waals surface area contributed by atoms with E-state index in [0.29, 0.717) is 17.9 Å². The summed E-state index contributed by atoms with van der Waals surface area (Å²) in [5, 5.41) is 0. The van der Waals surface area contributed by atoms with Gasteiger partial charge in [-0.05, 0) is 32.4 Å². The molecular weight excluding hydrogens is 204 g/mol. The van der Waals surface area contributed by atoms with Gasteiger partial charge in [0.05, 0.1) is 12.7 Å². The zero-order valence-electron chi connectivity index (χ0n) is 10.0. The Kier molecular flexibility index (Phi) is 4.83. The van der Waals surface area contributed by atoms with Crippen LogP contribution < -0.4 is 4.74 Å². The van der Waals surface area contributed by atoms with Gasteiger partial charge in [0.1, 0.15) is 11.3 Å². The van der Waals surface area contributed by atoms with Gasteiger partial charge in [-0.3, -0.25) is 0 Å². The first kappa shape index (κ1) is 12.6. The number of ether oxygens (including phenoxy) is 2. The van der Waals surface area contributed by atoms with Crippen molar-refractivity contribution in [3.05, 3.63) is 29.8 Å². The van der Waals surface area contributed by atoms with Crippen molar-refractivity contribution >= 4 is 5.97 Å². The van der Waals surface area contributed by atoms with Crippen molar-refractivity contribution in [2.45, 2.75) is 33.3 Å². The van der Waals surface area contributed by atoms with E-state index >= 15 is 0 Å². The van der Waals surface area contributed by atoms with Crippen LogP contribution in [0.1, 0.15) is 37.6 Å². The van der Waals surface area contributed by atoms with Gasteiger partial charge in [-0.2, -0.15) is 0 Å². The largest absolute Gasteiger partial charge is 0.490 e. The zero-order chi connectivity index (χ0) is 12.0. The second kappa shape index (κ2) is 6.16. The van der Waals surface area contributed by atoms with Gasteiger partial charge in [-0.25, -0.2) is 4.79 Å². The van der Waals surface area contributed by atoms with Crippen molar-refractivity contribution < 1.29 is 14.3 Å². The fourth-order valence-corrected chi connectivity index (χ4v) is 1.26. The summed E-state index contributed by atoms with van der Waals surface area (Å²) in [6.07, 6.45) is 0.860. The molecule has 16 heavy (non-hydrogen) atoms. The lowest BCUT2D eigenvalue weighted by Gasteiger charge is -2.13. The Labute approximate surface area is 96.4 Å². The molecule has 0 spiro atoms. The molecule has 1 aromatic rings. The molecule has 3 heteroatoms. The second-order valence-electron chi connectivity index (χ2n) is 3.80. The van der Waals surface area contributed by atoms with Crippen LogP contribution in [0.4, 0.5) is 0 Å². The summed E-state index contributed by atoms with van der Waals surface area (Å²) in [6, 6.07) is 7.14. The maximum atomic E-state index is 11.7. The first-order valence-electron chi connectivity index (χ1n) is 5.58. The third kappa shape index (κ3) is 3.57. The van der Waals surface area contributed by atoms with E-state index in [-0.39, 0.29) is 12.1 Å². The third-order valence-corrected chi connectivity index (χ3v) is 1.91. The first-order chi connectivity index (χ1) is 7.65. The Bertz CT molecular complexity index is 345. The molecule has 0 N–H and O–H groups in total. The van der Waals surface area contributed by atoms with Crippen molar-refractivity contribution in [3.8, 4) is 5.75 Å². The molecule has 0 aromatic heterocycles. The molecule has 1 aromatic carbocycles. The standard InChI is InChI=1S/C13H18O3/c1-4-9-15-13(14)11-7-5-6-8-12(11)16-10(2)3/h5-8,10H,4,9H2,1-3H3. The summed E-state index contributed by atoms with van der Waals surface area (Å²) in [4.78, 5) is 11.7.